The molecule has 3 aliphatic rings. The summed E-state index contributed by atoms with van der Waals surface area (Å²) >= 11 is 15.5. The molecule has 0 aromatic heterocycles. The molecule has 0 radical (unpaired) electrons. The normalized spacial score (nSPS) is 22.1. The number of piperidine rings is 1. The number of amidine groups is 1. The maximum Gasteiger partial charge on any atom is 0.259 e. The lowest BCUT2D eigenvalue weighted by Gasteiger charge is -2.53. The second kappa shape index (κ2) is 13.5. The number of benzene rings is 3. The number of hydrogen-bond acceptors (Lipinski definition) is 6. The van der Waals surface area contributed by atoms with Crippen LogP contribution in [-0.2, 0) is 19.7 Å². The van der Waals surface area contributed by atoms with Crippen molar-refractivity contribution in [3.63, 3.8) is 0 Å². The zero-order chi connectivity index (χ0) is 33.5. The van der Waals surface area contributed by atoms with Crippen molar-refractivity contribution < 1.29 is 19.1 Å². The lowest BCUT2D eigenvalue weighted by Crippen LogP contribution is -2.62. The van der Waals surface area contributed by atoms with E-state index < -0.39 is 25.4 Å². The van der Waals surface area contributed by atoms with Crippen LogP contribution in [-0.4, -0.2) is 57.1 Å². The Morgan fingerprint density at radius 3 is 2.64 bits per heavy atom. The van der Waals surface area contributed by atoms with E-state index in [1.54, 1.807) is 11.0 Å². The van der Waals surface area contributed by atoms with Crippen molar-refractivity contribution in [1.29, 1.82) is 0 Å². The first-order chi connectivity index (χ1) is 22.4. The maximum atomic E-state index is 15.6. The third kappa shape index (κ3) is 6.47. The van der Waals surface area contributed by atoms with Crippen LogP contribution < -0.4 is 15.1 Å². The van der Waals surface area contributed by atoms with E-state index >= 15 is 4.79 Å². The fourth-order valence-electron chi connectivity index (χ4n) is 6.98. The molecular formula is C35H37Cl2IN4O4Si. The number of fused-ring (bicyclic) bond motifs is 3. The lowest BCUT2D eigenvalue weighted by molar-refractivity contribution is -0.131. The lowest BCUT2D eigenvalue weighted by atomic mass is 9.58. The summed E-state index contributed by atoms with van der Waals surface area (Å²) in [6.45, 7) is 11.6. The summed E-state index contributed by atoms with van der Waals surface area (Å²) in [5.74, 6) is 0.437. The number of halogens is 3. The van der Waals surface area contributed by atoms with E-state index in [4.69, 9.17) is 32.7 Å². The van der Waals surface area contributed by atoms with E-state index in [1.165, 1.54) is 0 Å². The van der Waals surface area contributed by atoms with E-state index in [2.05, 4.69) is 59.3 Å². The number of anilines is 1. The van der Waals surface area contributed by atoms with Crippen molar-refractivity contribution in [2.24, 2.45) is 5.10 Å². The van der Waals surface area contributed by atoms with Crippen molar-refractivity contribution in [1.82, 2.24) is 10.3 Å². The van der Waals surface area contributed by atoms with Crippen molar-refractivity contribution >= 4 is 77.2 Å². The monoisotopic (exact) mass is 802 g/mol. The van der Waals surface area contributed by atoms with Gasteiger partial charge in [0.15, 0.2) is 0 Å². The summed E-state index contributed by atoms with van der Waals surface area (Å²) < 4.78 is 13.5. The molecular weight excluding hydrogens is 766 g/mol. The second-order valence-electron chi connectivity index (χ2n) is 13.3. The highest BCUT2D eigenvalue weighted by Crippen LogP contribution is 2.63. The Morgan fingerprint density at radius 2 is 1.89 bits per heavy atom. The number of carbonyl (C=O) groups excluding carboxylic acids is 2. The predicted molar refractivity (Wildman–Crippen MR) is 198 cm³/mol. The molecule has 3 aliphatic heterocycles. The van der Waals surface area contributed by atoms with Gasteiger partial charge in [-0.25, -0.2) is 5.43 Å². The van der Waals surface area contributed by atoms with Crippen LogP contribution in [0.15, 0.2) is 78.4 Å². The van der Waals surface area contributed by atoms with Gasteiger partial charge in [0.25, 0.3) is 5.91 Å². The van der Waals surface area contributed by atoms with Gasteiger partial charge in [0, 0.05) is 46.2 Å². The summed E-state index contributed by atoms with van der Waals surface area (Å²) in [5.41, 5.74) is 4.57. The van der Waals surface area contributed by atoms with Crippen LogP contribution in [0.25, 0.3) is 0 Å². The molecule has 3 heterocycles. The van der Waals surface area contributed by atoms with Crippen LogP contribution in [0.5, 0.6) is 5.75 Å². The number of hydrazone groups is 1. The number of ether oxygens (including phenoxy) is 2. The van der Waals surface area contributed by atoms with Gasteiger partial charge < -0.3 is 14.4 Å². The minimum absolute atomic E-state index is 0.0167. The largest absolute Gasteiger partial charge is 0.489 e. The molecule has 12 heteroatoms. The Balaban J connectivity index is 1.63. The molecule has 3 aromatic carbocycles. The highest BCUT2D eigenvalue weighted by molar-refractivity contribution is 14.1. The topological polar surface area (TPSA) is 83.5 Å². The molecule has 1 fully saturated rings. The van der Waals surface area contributed by atoms with Crippen molar-refractivity contribution in [3.8, 4) is 5.75 Å². The fourth-order valence-corrected chi connectivity index (χ4v) is 8.61. The summed E-state index contributed by atoms with van der Waals surface area (Å²) in [6, 6.07) is 19.5. The summed E-state index contributed by atoms with van der Waals surface area (Å²) in [6.07, 6.45) is 2.06. The predicted octanol–water partition coefficient (Wildman–Crippen LogP) is 7.73. The fraction of sp³-hybridized carbons (Fsp3) is 0.343. The van der Waals surface area contributed by atoms with Gasteiger partial charge >= 0.3 is 0 Å². The molecule has 1 N–H and O–H groups in total. The number of carbonyl (C=O) groups is 2. The van der Waals surface area contributed by atoms with Crippen molar-refractivity contribution in [2.75, 3.05) is 31.4 Å². The molecule has 3 atom stereocenters. The van der Waals surface area contributed by atoms with Gasteiger partial charge in [-0.15, -0.1) is 0 Å². The van der Waals surface area contributed by atoms with Gasteiger partial charge in [-0.3, -0.25) is 14.5 Å². The van der Waals surface area contributed by atoms with Crippen LogP contribution >= 0.6 is 45.8 Å². The van der Waals surface area contributed by atoms with Gasteiger partial charge in [0.1, 0.15) is 36.9 Å². The molecule has 0 unspecified atom stereocenters. The smallest absolute Gasteiger partial charge is 0.259 e. The molecule has 0 aliphatic carbocycles. The zero-order valence-corrected chi connectivity index (χ0v) is 31.2. The Morgan fingerprint density at radius 1 is 1.11 bits per heavy atom. The highest BCUT2D eigenvalue weighted by Gasteiger charge is 2.65. The first-order valence-electron chi connectivity index (χ1n) is 15.5. The standard InChI is InChI=1S/C35H37Cl2IN4O4Si/c1-5-13-46-30-12-10-25(38)18-26(30)33-35(28(22-7-6-8-23(36)16-22)19-31-39-40-32(43)20-41(31)33)27-11-9-24(37)17-29(27)42(34(35)44)21-45-14-15-47(2,3)4/h5-12,16-18,28,33H,1,13-15,19-21H2,2-4H3,(H,40,43)/t28-,33+,35-/m0/s1. The number of rotatable bonds is 10. The minimum atomic E-state index is -1.38. The average molecular weight is 804 g/mol. The molecule has 0 bridgehead atoms. The van der Waals surface area contributed by atoms with Gasteiger partial charge in [0.05, 0.1) is 11.7 Å². The van der Waals surface area contributed by atoms with Gasteiger partial charge in [-0.05, 0) is 82.2 Å². The molecule has 6 rings (SSSR count). The molecule has 3 aromatic rings. The Hall–Kier alpha value is -2.90. The van der Waals surface area contributed by atoms with Crippen LogP contribution in [0.3, 0.4) is 0 Å². The quantitative estimate of drug-likeness (QED) is 0.0983. The zero-order valence-electron chi connectivity index (χ0n) is 26.6. The van der Waals surface area contributed by atoms with Crippen LogP contribution in [0.4, 0.5) is 5.69 Å². The van der Waals surface area contributed by atoms with Crippen molar-refractivity contribution in [2.45, 2.75) is 49.5 Å². The second-order valence-corrected chi connectivity index (χ2v) is 21.0. The number of hydrogen-bond donors (Lipinski definition) is 1. The summed E-state index contributed by atoms with van der Waals surface area (Å²) in [4.78, 5) is 32.4. The number of amides is 2. The Bertz CT molecular complexity index is 1770. The van der Waals surface area contributed by atoms with Crippen LogP contribution in [0.2, 0.25) is 35.7 Å². The third-order valence-electron chi connectivity index (χ3n) is 9.02. The Kier molecular flexibility index (Phi) is 9.79. The van der Waals surface area contributed by atoms with Gasteiger partial charge in [-0.2, -0.15) is 5.10 Å². The maximum absolute atomic E-state index is 15.6. The van der Waals surface area contributed by atoms with Crippen LogP contribution in [0.1, 0.15) is 35.1 Å². The highest BCUT2D eigenvalue weighted by atomic mass is 127. The van der Waals surface area contributed by atoms with E-state index in [-0.39, 0.29) is 31.7 Å². The number of nitrogens with zero attached hydrogens (tertiary/aromatic N) is 3. The molecule has 1 saturated heterocycles. The summed E-state index contributed by atoms with van der Waals surface area (Å²) in [7, 11) is -1.38. The number of nitrogens with one attached hydrogen (secondary N) is 1. The van der Waals surface area contributed by atoms with E-state index in [9.17, 15) is 4.79 Å². The average Bonchev–Trinajstić information content (AvgIpc) is 3.24. The molecule has 0 saturated carbocycles. The molecule has 246 valence electrons. The SMILES string of the molecule is C=CCOc1ccc(I)cc1[C@H]1N2CC(=O)NN=C2C[C@@H](c2cccc(Cl)c2)[C@]12C(=O)N(COCC[Si](C)(C)C)c1cc(Cl)ccc12. The van der Waals surface area contributed by atoms with Gasteiger partial charge in [-0.1, -0.05) is 73.7 Å². The Labute approximate surface area is 300 Å². The first kappa shape index (κ1) is 34.0. The third-order valence-corrected chi connectivity index (χ3v) is 11.9. The molecule has 8 nitrogen and oxygen atoms in total. The van der Waals surface area contributed by atoms with E-state index in [0.717, 1.165) is 26.3 Å². The van der Waals surface area contributed by atoms with E-state index in [1.807, 2.05) is 65.6 Å². The minimum Gasteiger partial charge on any atom is -0.489 e. The molecule has 47 heavy (non-hydrogen) atoms. The van der Waals surface area contributed by atoms with Crippen molar-refractivity contribution in [3.05, 3.63) is 104 Å². The first-order valence-corrected chi connectivity index (χ1v) is 21.1. The molecule has 2 amide bonds. The van der Waals surface area contributed by atoms with Crippen LogP contribution in [0, 0.1) is 3.57 Å². The van der Waals surface area contributed by atoms with Gasteiger partial charge in [0.2, 0.25) is 5.91 Å². The summed E-state index contributed by atoms with van der Waals surface area (Å²) in [5, 5.41) is 5.63. The van der Waals surface area contributed by atoms with E-state index in [0.29, 0.717) is 40.3 Å². The molecule has 1 spiro atoms.